The van der Waals surface area contributed by atoms with E-state index >= 15 is 0 Å². The molecule has 0 aromatic carbocycles. The molecule has 0 aromatic heterocycles. The van der Waals surface area contributed by atoms with Gasteiger partial charge >= 0.3 is 0 Å². The third kappa shape index (κ3) is 2.52. The molecule has 1 saturated heterocycles. The molecule has 3 atom stereocenters. The van der Waals surface area contributed by atoms with Gasteiger partial charge in [0.15, 0.2) is 0 Å². The topological polar surface area (TPSA) is 32.3 Å². The van der Waals surface area contributed by atoms with Crippen LogP contribution in [0.1, 0.15) is 59.8 Å². The van der Waals surface area contributed by atoms with Crippen LogP contribution in [0.4, 0.5) is 0 Å². The summed E-state index contributed by atoms with van der Waals surface area (Å²) in [6.07, 6.45) is 6.44. The van der Waals surface area contributed by atoms with Crippen LogP contribution >= 0.6 is 0 Å². The molecule has 3 rings (SSSR count). The van der Waals surface area contributed by atoms with E-state index in [1.54, 1.807) is 0 Å². The van der Waals surface area contributed by atoms with E-state index in [-0.39, 0.29) is 16.9 Å². The summed E-state index contributed by atoms with van der Waals surface area (Å²) in [6, 6.07) is 0. The lowest BCUT2D eigenvalue weighted by molar-refractivity contribution is -0.127. The molecule has 3 nitrogen and oxygen atoms in total. The van der Waals surface area contributed by atoms with Crippen LogP contribution in [-0.2, 0) is 4.79 Å². The maximum Gasteiger partial charge on any atom is 0.234 e. The summed E-state index contributed by atoms with van der Waals surface area (Å²) in [4.78, 5) is 14.9. The predicted molar refractivity (Wildman–Crippen MR) is 86.0 cm³/mol. The lowest BCUT2D eigenvalue weighted by atomic mass is 9.64. The maximum absolute atomic E-state index is 12.6. The van der Waals surface area contributed by atoms with E-state index in [0.29, 0.717) is 12.5 Å². The monoisotopic (exact) mass is 292 g/mol. The number of amides is 1. The molecule has 1 N–H and O–H groups in total. The quantitative estimate of drug-likeness (QED) is 0.867. The first-order chi connectivity index (χ1) is 9.83. The zero-order valence-corrected chi connectivity index (χ0v) is 14.2. The first-order valence-electron chi connectivity index (χ1n) is 8.86. The van der Waals surface area contributed by atoms with Crippen LogP contribution in [0.2, 0.25) is 0 Å². The van der Waals surface area contributed by atoms with Crippen LogP contribution in [-0.4, -0.2) is 36.0 Å². The van der Waals surface area contributed by atoms with Gasteiger partial charge in [0.05, 0.1) is 6.54 Å². The number of likely N-dealkylation sites (tertiary alicyclic amines) is 1. The average molecular weight is 292 g/mol. The Hall–Kier alpha value is -0.570. The summed E-state index contributed by atoms with van der Waals surface area (Å²) in [6.45, 7) is 12.1. The SMILES string of the molecule is CC1CCN(CC(=O)N[C@]2(C)[C@H]3CC[C@H](C3)C2(C)C)CC1. The van der Waals surface area contributed by atoms with Gasteiger partial charge in [-0.25, -0.2) is 0 Å². The number of carbonyl (C=O) groups excluding carboxylic acids is 1. The lowest BCUT2D eigenvalue weighted by Crippen LogP contribution is -2.60. The first kappa shape index (κ1) is 15.3. The van der Waals surface area contributed by atoms with E-state index in [2.05, 4.69) is 37.9 Å². The highest BCUT2D eigenvalue weighted by Gasteiger charge is 2.60. The van der Waals surface area contributed by atoms with Crippen molar-refractivity contribution in [2.75, 3.05) is 19.6 Å². The van der Waals surface area contributed by atoms with Crippen LogP contribution in [0.3, 0.4) is 0 Å². The van der Waals surface area contributed by atoms with Crippen LogP contribution in [0.15, 0.2) is 0 Å². The number of fused-ring (bicyclic) bond motifs is 2. The largest absolute Gasteiger partial charge is 0.349 e. The predicted octanol–water partition coefficient (Wildman–Crippen LogP) is 3.05. The van der Waals surface area contributed by atoms with E-state index < -0.39 is 0 Å². The standard InChI is InChI=1S/C18H32N2O/c1-13-7-9-20(10-8-13)12-16(21)19-18(4)15-6-5-14(11-15)17(18,2)3/h13-15H,5-12H2,1-4H3,(H,19,21)/t14-,15+,18-/m1/s1. The highest BCUT2D eigenvalue weighted by molar-refractivity contribution is 5.79. The van der Waals surface area contributed by atoms with Gasteiger partial charge in [0, 0.05) is 5.54 Å². The summed E-state index contributed by atoms with van der Waals surface area (Å²) < 4.78 is 0. The summed E-state index contributed by atoms with van der Waals surface area (Å²) in [5, 5.41) is 3.45. The molecule has 0 spiro atoms. The smallest absolute Gasteiger partial charge is 0.234 e. The van der Waals surface area contributed by atoms with Gasteiger partial charge in [0.25, 0.3) is 0 Å². The normalized spacial score (nSPS) is 39.6. The fourth-order valence-corrected chi connectivity index (χ4v) is 5.13. The fraction of sp³-hybridized carbons (Fsp3) is 0.944. The molecule has 0 aromatic rings. The molecular formula is C18H32N2O. The number of nitrogens with one attached hydrogen (secondary N) is 1. The molecule has 1 aliphatic heterocycles. The third-order valence-corrected chi connectivity index (χ3v) is 7.25. The summed E-state index contributed by atoms with van der Waals surface area (Å²) in [5.74, 6) is 2.55. The molecule has 3 heteroatoms. The van der Waals surface area contributed by atoms with Gasteiger partial charge in [-0.05, 0) is 75.3 Å². The van der Waals surface area contributed by atoms with Crippen LogP contribution in [0.5, 0.6) is 0 Å². The first-order valence-corrected chi connectivity index (χ1v) is 8.86. The average Bonchev–Trinajstić information content (AvgIpc) is 2.96. The number of carbonyl (C=O) groups is 1. The van der Waals surface area contributed by atoms with Crippen LogP contribution < -0.4 is 5.32 Å². The highest BCUT2D eigenvalue weighted by atomic mass is 16.2. The molecule has 0 unspecified atom stereocenters. The molecule has 3 fully saturated rings. The molecule has 2 saturated carbocycles. The molecular weight excluding hydrogens is 260 g/mol. The van der Waals surface area contributed by atoms with Gasteiger partial charge in [0.1, 0.15) is 0 Å². The third-order valence-electron chi connectivity index (χ3n) is 7.25. The van der Waals surface area contributed by atoms with Crippen molar-refractivity contribution >= 4 is 5.91 Å². The number of piperidine rings is 1. The van der Waals surface area contributed by atoms with E-state index in [1.807, 2.05) is 0 Å². The molecule has 21 heavy (non-hydrogen) atoms. The Morgan fingerprint density at radius 2 is 1.71 bits per heavy atom. The van der Waals surface area contributed by atoms with Crippen molar-refractivity contribution < 1.29 is 4.79 Å². The second-order valence-corrected chi connectivity index (χ2v) is 8.64. The Balaban J connectivity index is 1.59. The molecule has 1 heterocycles. The Morgan fingerprint density at radius 3 is 2.29 bits per heavy atom. The molecule has 3 aliphatic rings. The van der Waals surface area contributed by atoms with Gasteiger partial charge in [0.2, 0.25) is 5.91 Å². The summed E-state index contributed by atoms with van der Waals surface area (Å²) >= 11 is 0. The van der Waals surface area contributed by atoms with Crippen LogP contribution in [0, 0.1) is 23.2 Å². The number of nitrogens with zero attached hydrogens (tertiary/aromatic N) is 1. The summed E-state index contributed by atoms with van der Waals surface area (Å²) in [5.41, 5.74) is 0.234. The maximum atomic E-state index is 12.6. The fourth-order valence-electron chi connectivity index (χ4n) is 5.13. The van der Waals surface area contributed by atoms with E-state index in [0.717, 1.165) is 24.9 Å². The number of hydrogen-bond acceptors (Lipinski definition) is 2. The Bertz CT molecular complexity index is 411. The van der Waals surface area contributed by atoms with Gasteiger partial charge in [-0.15, -0.1) is 0 Å². The van der Waals surface area contributed by atoms with Gasteiger partial charge in [-0.1, -0.05) is 20.8 Å². The van der Waals surface area contributed by atoms with Crippen LogP contribution in [0.25, 0.3) is 0 Å². The molecule has 1 amide bonds. The van der Waals surface area contributed by atoms with Crippen molar-refractivity contribution in [3.05, 3.63) is 0 Å². The number of hydrogen-bond donors (Lipinski definition) is 1. The molecule has 2 bridgehead atoms. The minimum absolute atomic E-state index is 0.00389. The van der Waals surface area contributed by atoms with Gasteiger partial charge in [-0.3, -0.25) is 9.69 Å². The minimum Gasteiger partial charge on any atom is -0.349 e. The molecule has 0 radical (unpaired) electrons. The van der Waals surface area contributed by atoms with Crippen molar-refractivity contribution in [1.29, 1.82) is 0 Å². The lowest BCUT2D eigenvalue weighted by Gasteiger charge is -2.48. The Kier molecular flexibility index (Phi) is 3.84. The van der Waals surface area contributed by atoms with Crippen molar-refractivity contribution in [3.63, 3.8) is 0 Å². The zero-order valence-electron chi connectivity index (χ0n) is 14.2. The second kappa shape index (κ2) is 5.26. The van der Waals surface area contributed by atoms with E-state index in [4.69, 9.17) is 0 Å². The van der Waals surface area contributed by atoms with Gasteiger partial charge < -0.3 is 5.32 Å². The minimum atomic E-state index is -0.00389. The summed E-state index contributed by atoms with van der Waals surface area (Å²) in [7, 11) is 0. The van der Waals surface area contributed by atoms with Crippen molar-refractivity contribution in [2.24, 2.45) is 23.2 Å². The Labute approximate surface area is 129 Å². The van der Waals surface area contributed by atoms with Gasteiger partial charge in [-0.2, -0.15) is 0 Å². The van der Waals surface area contributed by atoms with Crippen molar-refractivity contribution in [1.82, 2.24) is 10.2 Å². The Morgan fingerprint density at radius 1 is 1.10 bits per heavy atom. The van der Waals surface area contributed by atoms with E-state index in [9.17, 15) is 4.79 Å². The number of rotatable bonds is 3. The highest BCUT2D eigenvalue weighted by Crippen LogP contribution is 2.61. The zero-order chi connectivity index (χ0) is 15.3. The van der Waals surface area contributed by atoms with Crippen molar-refractivity contribution in [3.8, 4) is 0 Å². The van der Waals surface area contributed by atoms with E-state index in [1.165, 1.54) is 32.1 Å². The molecule has 120 valence electrons. The second-order valence-electron chi connectivity index (χ2n) is 8.64. The molecule has 2 aliphatic carbocycles. The van der Waals surface area contributed by atoms with Crippen molar-refractivity contribution in [2.45, 2.75) is 65.3 Å².